The second kappa shape index (κ2) is 4.52. The molecule has 3 atom stereocenters. The maximum Gasteiger partial charge on any atom is 0.0357 e. The monoisotopic (exact) mass is 256 g/mol. The fourth-order valence-electron chi connectivity index (χ4n) is 4.79. The highest BCUT2D eigenvalue weighted by molar-refractivity contribution is 5.47. The van der Waals surface area contributed by atoms with Crippen molar-refractivity contribution in [2.24, 2.45) is 5.92 Å². The topological polar surface area (TPSA) is 29.3 Å². The standard InChI is InChI=1S/C17H24N2/c18-14-6-7-15-13(11-14)5-8-17(15)19-10-9-12-3-1-2-4-16(12)19/h6-7,11-12,16-17H,1-5,8-10,18H2. The van der Waals surface area contributed by atoms with E-state index < -0.39 is 0 Å². The molecule has 2 nitrogen and oxygen atoms in total. The molecule has 1 aromatic rings. The van der Waals surface area contributed by atoms with Gasteiger partial charge in [-0.3, -0.25) is 4.90 Å². The van der Waals surface area contributed by atoms with Gasteiger partial charge in [-0.15, -0.1) is 0 Å². The Balaban J connectivity index is 1.61. The summed E-state index contributed by atoms with van der Waals surface area (Å²) in [6.45, 7) is 1.32. The number of rotatable bonds is 1. The zero-order valence-corrected chi connectivity index (χ0v) is 11.6. The molecule has 2 fully saturated rings. The van der Waals surface area contributed by atoms with Crippen molar-refractivity contribution in [2.75, 3.05) is 12.3 Å². The first kappa shape index (κ1) is 11.8. The summed E-state index contributed by atoms with van der Waals surface area (Å²) in [5.74, 6) is 0.992. The SMILES string of the molecule is Nc1ccc2c(c1)CCC2N1CCC2CCCCC21. The zero-order valence-electron chi connectivity index (χ0n) is 11.6. The lowest BCUT2D eigenvalue weighted by molar-refractivity contribution is 0.132. The van der Waals surface area contributed by atoms with Crippen molar-refractivity contribution in [2.45, 2.75) is 57.0 Å². The quantitative estimate of drug-likeness (QED) is 0.779. The van der Waals surface area contributed by atoms with Crippen molar-refractivity contribution in [3.05, 3.63) is 29.3 Å². The van der Waals surface area contributed by atoms with Gasteiger partial charge in [-0.2, -0.15) is 0 Å². The van der Waals surface area contributed by atoms with E-state index in [1.165, 1.54) is 57.1 Å². The van der Waals surface area contributed by atoms with Gasteiger partial charge >= 0.3 is 0 Å². The van der Waals surface area contributed by atoms with Crippen molar-refractivity contribution in [3.63, 3.8) is 0 Å². The summed E-state index contributed by atoms with van der Waals surface area (Å²) >= 11 is 0. The van der Waals surface area contributed by atoms with Crippen molar-refractivity contribution in [1.82, 2.24) is 4.90 Å². The normalized spacial score (nSPS) is 34.2. The summed E-state index contributed by atoms with van der Waals surface area (Å²) in [7, 11) is 0. The molecule has 1 saturated carbocycles. The Morgan fingerprint density at radius 1 is 1.05 bits per heavy atom. The number of fused-ring (bicyclic) bond motifs is 2. The number of hydrogen-bond acceptors (Lipinski definition) is 2. The number of benzene rings is 1. The van der Waals surface area contributed by atoms with Gasteiger partial charge in [-0.05, 0) is 67.8 Å². The molecule has 0 radical (unpaired) electrons. The van der Waals surface area contributed by atoms with Gasteiger partial charge in [0.15, 0.2) is 0 Å². The maximum atomic E-state index is 5.92. The molecule has 19 heavy (non-hydrogen) atoms. The number of anilines is 1. The minimum atomic E-state index is 0.684. The molecule has 3 unspecified atom stereocenters. The number of nitrogens with zero attached hydrogens (tertiary/aromatic N) is 1. The van der Waals surface area contributed by atoms with Gasteiger partial charge in [0.25, 0.3) is 0 Å². The van der Waals surface area contributed by atoms with Crippen LogP contribution in [0.1, 0.15) is 55.7 Å². The fraction of sp³-hybridized carbons (Fsp3) is 0.647. The summed E-state index contributed by atoms with van der Waals surface area (Å²) in [5, 5.41) is 0. The summed E-state index contributed by atoms with van der Waals surface area (Å²) in [5.41, 5.74) is 9.92. The predicted molar refractivity (Wildman–Crippen MR) is 79.0 cm³/mol. The Morgan fingerprint density at radius 2 is 1.95 bits per heavy atom. The van der Waals surface area contributed by atoms with E-state index in [9.17, 15) is 0 Å². The maximum absolute atomic E-state index is 5.92. The first-order valence-electron chi connectivity index (χ1n) is 7.97. The molecular weight excluding hydrogens is 232 g/mol. The molecule has 102 valence electrons. The molecule has 2 aliphatic carbocycles. The van der Waals surface area contributed by atoms with E-state index in [2.05, 4.69) is 23.1 Å². The lowest BCUT2D eigenvalue weighted by atomic mass is 9.85. The molecule has 0 aromatic heterocycles. The number of aryl methyl sites for hydroxylation is 1. The highest BCUT2D eigenvalue weighted by Gasteiger charge is 2.41. The Bertz CT molecular complexity index is 482. The molecule has 1 aromatic carbocycles. The van der Waals surface area contributed by atoms with E-state index in [1.54, 1.807) is 5.56 Å². The molecular formula is C17H24N2. The van der Waals surface area contributed by atoms with Crippen molar-refractivity contribution in [1.29, 1.82) is 0 Å². The average molecular weight is 256 g/mol. The number of nitrogens with two attached hydrogens (primary N) is 1. The molecule has 4 rings (SSSR count). The van der Waals surface area contributed by atoms with Crippen LogP contribution in [0.3, 0.4) is 0 Å². The van der Waals surface area contributed by atoms with Crippen LogP contribution in [0.25, 0.3) is 0 Å². The molecule has 2 N–H and O–H groups in total. The first-order chi connectivity index (χ1) is 9.33. The van der Waals surface area contributed by atoms with Crippen LogP contribution in [0, 0.1) is 5.92 Å². The number of hydrogen-bond donors (Lipinski definition) is 1. The van der Waals surface area contributed by atoms with E-state index >= 15 is 0 Å². The van der Waals surface area contributed by atoms with Gasteiger partial charge < -0.3 is 5.73 Å². The second-order valence-corrected chi connectivity index (χ2v) is 6.65. The summed E-state index contributed by atoms with van der Waals surface area (Å²) < 4.78 is 0. The van der Waals surface area contributed by atoms with E-state index in [-0.39, 0.29) is 0 Å². The Morgan fingerprint density at radius 3 is 2.89 bits per heavy atom. The van der Waals surface area contributed by atoms with E-state index in [0.29, 0.717) is 6.04 Å². The van der Waals surface area contributed by atoms with Gasteiger partial charge in [-0.1, -0.05) is 18.9 Å². The van der Waals surface area contributed by atoms with Crippen LogP contribution in [-0.2, 0) is 6.42 Å². The van der Waals surface area contributed by atoms with Crippen LogP contribution in [-0.4, -0.2) is 17.5 Å². The van der Waals surface area contributed by atoms with Gasteiger partial charge in [0.2, 0.25) is 0 Å². The van der Waals surface area contributed by atoms with Gasteiger partial charge in [0.05, 0.1) is 0 Å². The Kier molecular flexibility index (Phi) is 2.80. The Hall–Kier alpha value is -1.02. The third-order valence-electron chi connectivity index (χ3n) is 5.67. The van der Waals surface area contributed by atoms with Gasteiger partial charge in [0.1, 0.15) is 0 Å². The first-order valence-corrected chi connectivity index (χ1v) is 7.97. The molecule has 0 spiro atoms. The number of nitrogen functional groups attached to an aromatic ring is 1. The van der Waals surface area contributed by atoms with Crippen LogP contribution >= 0.6 is 0 Å². The predicted octanol–water partition coefficient (Wildman–Crippen LogP) is 3.52. The van der Waals surface area contributed by atoms with Crippen LogP contribution in [0.2, 0.25) is 0 Å². The highest BCUT2D eigenvalue weighted by Crippen LogP contribution is 2.45. The molecule has 0 bridgehead atoms. The van der Waals surface area contributed by atoms with Crippen molar-refractivity contribution in [3.8, 4) is 0 Å². The smallest absolute Gasteiger partial charge is 0.0357 e. The second-order valence-electron chi connectivity index (χ2n) is 6.65. The fourth-order valence-corrected chi connectivity index (χ4v) is 4.79. The van der Waals surface area contributed by atoms with E-state index in [1.807, 2.05) is 0 Å². The number of likely N-dealkylation sites (tertiary alicyclic amines) is 1. The van der Waals surface area contributed by atoms with E-state index in [0.717, 1.165) is 17.6 Å². The minimum Gasteiger partial charge on any atom is -0.399 e. The minimum absolute atomic E-state index is 0.684. The lowest BCUT2D eigenvalue weighted by Gasteiger charge is -2.36. The molecule has 1 saturated heterocycles. The van der Waals surface area contributed by atoms with Crippen molar-refractivity contribution < 1.29 is 0 Å². The van der Waals surface area contributed by atoms with Crippen molar-refractivity contribution >= 4 is 5.69 Å². The molecule has 2 heteroatoms. The molecule has 1 heterocycles. The molecule has 0 amide bonds. The summed E-state index contributed by atoms with van der Waals surface area (Å²) in [6, 6.07) is 8.14. The molecule has 1 aliphatic heterocycles. The zero-order chi connectivity index (χ0) is 12.8. The van der Waals surface area contributed by atoms with Crippen LogP contribution < -0.4 is 5.73 Å². The summed E-state index contributed by atoms with van der Waals surface area (Å²) in [6.07, 6.45) is 9.78. The van der Waals surface area contributed by atoms with Crippen LogP contribution in [0.4, 0.5) is 5.69 Å². The largest absolute Gasteiger partial charge is 0.399 e. The van der Waals surface area contributed by atoms with E-state index in [4.69, 9.17) is 5.73 Å². The summed E-state index contributed by atoms with van der Waals surface area (Å²) in [4.78, 5) is 2.84. The van der Waals surface area contributed by atoms with Gasteiger partial charge in [0, 0.05) is 17.8 Å². The molecule has 3 aliphatic rings. The van der Waals surface area contributed by atoms with Gasteiger partial charge in [-0.25, -0.2) is 0 Å². The Labute approximate surface area is 116 Å². The highest BCUT2D eigenvalue weighted by atomic mass is 15.2. The third kappa shape index (κ3) is 1.88. The van der Waals surface area contributed by atoms with Crippen LogP contribution in [0.5, 0.6) is 0 Å². The lowest BCUT2D eigenvalue weighted by Crippen LogP contribution is -2.36. The third-order valence-corrected chi connectivity index (χ3v) is 5.67. The van der Waals surface area contributed by atoms with Crippen LogP contribution in [0.15, 0.2) is 18.2 Å². The average Bonchev–Trinajstić information content (AvgIpc) is 3.01.